The van der Waals surface area contributed by atoms with Gasteiger partial charge in [0.25, 0.3) is 11.6 Å². The molecule has 0 aliphatic carbocycles. The van der Waals surface area contributed by atoms with Crippen molar-refractivity contribution in [2.75, 3.05) is 12.5 Å². The molecule has 1 aromatic carbocycles. The van der Waals surface area contributed by atoms with Crippen molar-refractivity contribution in [2.45, 2.75) is 26.8 Å². The van der Waals surface area contributed by atoms with Crippen molar-refractivity contribution in [2.24, 2.45) is 11.8 Å². The number of nitrogens with two attached hydrogens (primary N) is 1. The molecule has 0 saturated carbocycles. The standard InChI is InChI=1S/C13H20N4O3/c1-8(2)9(3)16(4)13(18)11-7-10(15-14)5-6-12(11)17(19)20/h5-9,15H,14H2,1-4H3. The van der Waals surface area contributed by atoms with E-state index in [0.29, 0.717) is 5.69 Å². The SMILES string of the molecule is CC(C)C(C)N(C)C(=O)c1cc(NN)ccc1[N+](=O)[O-]. The molecule has 0 bridgehead atoms. The third kappa shape index (κ3) is 3.24. The van der Waals surface area contributed by atoms with Crippen molar-refractivity contribution in [1.29, 1.82) is 0 Å². The lowest BCUT2D eigenvalue weighted by Crippen LogP contribution is -2.38. The molecule has 1 amide bonds. The quantitative estimate of drug-likeness (QED) is 0.488. The van der Waals surface area contributed by atoms with E-state index >= 15 is 0 Å². The normalized spacial score (nSPS) is 12.1. The number of nitrogens with one attached hydrogen (secondary N) is 1. The highest BCUT2D eigenvalue weighted by Crippen LogP contribution is 2.24. The van der Waals surface area contributed by atoms with E-state index in [9.17, 15) is 14.9 Å². The monoisotopic (exact) mass is 280 g/mol. The van der Waals surface area contributed by atoms with Gasteiger partial charge in [-0.1, -0.05) is 13.8 Å². The summed E-state index contributed by atoms with van der Waals surface area (Å²) in [5.74, 6) is 5.14. The van der Waals surface area contributed by atoms with Crippen molar-refractivity contribution < 1.29 is 9.72 Å². The van der Waals surface area contributed by atoms with Gasteiger partial charge in [-0.2, -0.15) is 0 Å². The fraction of sp³-hybridized carbons (Fsp3) is 0.462. The largest absolute Gasteiger partial charge is 0.339 e. The number of carbonyl (C=O) groups is 1. The number of hydrogen-bond acceptors (Lipinski definition) is 5. The molecule has 0 heterocycles. The van der Waals surface area contributed by atoms with Gasteiger partial charge < -0.3 is 10.3 Å². The van der Waals surface area contributed by atoms with Crippen LogP contribution in [0.2, 0.25) is 0 Å². The predicted octanol–water partition coefficient (Wildman–Crippen LogP) is 2.00. The number of nitrogen functional groups attached to an aromatic ring is 1. The zero-order chi connectivity index (χ0) is 15.4. The first kappa shape index (κ1) is 15.9. The number of hydrazine groups is 1. The molecule has 3 N–H and O–H groups in total. The first-order valence-corrected chi connectivity index (χ1v) is 6.31. The zero-order valence-corrected chi connectivity index (χ0v) is 12.1. The number of hydrogen-bond donors (Lipinski definition) is 2. The van der Waals surface area contributed by atoms with Crippen LogP contribution in [0.5, 0.6) is 0 Å². The lowest BCUT2D eigenvalue weighted by Gasteiger charge is -2.28. The Morgan fingerprint density at radius 1 is 1.40 bits per heavy atom. The Bertz CT molecular complexity index is 516. The molecule has 0 radical (unpaired) electrons. The fourth-order valence-corrected chi connectivity index (χ4v) is 1.78. The van der Waals surface area contributed by atoms with Gasteiger partial charge in [0.1, 0.15) is 5.56 Å². The molecule has 1 atom stereocenters. The van der Waals surface area contributed by atoms with Gasteiger partial charge >= 0.3 is 0 Å². The average Bonchev–Trinajstić information content (AvgIpc) is 2.43. The lowest BCUT2D eigenvalue weighted by molar-refractivity contribution is -0.385. The molecule has 0 aliphatic heterocycles. The van der Waals surface area contributed by atoms with Crippen LogP contribution in [0.15, 0.2) is 18.2 Å². The van der Waals surface area contributed by atoms with E-state index in [1.807, 2.05) is 20.8 Å². The molecule has 0 aromatic heterocycles. The first-order chi connectivity index (χ1) is 9.29. The lowest BCUT2D eigenvalue weighted by atomic mass is 10.0. The third-order valence-corrected chi connectivity index (χ3v) is 3.49. The average molecular weight is 280 g/mol. The fourth-order valence-electron chi connectivity index (χ4n) is 1.78. The summed E-state index contributed by atoms with van der Waals surface area (Å²) in [4.78, 5) is 24.4. The minimum absolute atomic E-state index is 0.0282. The van der Waals surface area contributed by atoms with Gasteiger partial charge in [-0.25, -0.2) is 0 Å². The Morgan fingerprint density at radius 2 is 2.00 bits per heavy atom. The molecule has 0 saturated heterocycles. The first-order valence-electron chi connectivity index (χ1n) is 6.31. The molecule has 110 valence electrons. The van der Waals surface area contributed by atoms with Crippen molar-refractivity contribution >= 4 is 17.3 Å². The van der Waals surface area contributed by atoms with Crippen molar-refractivity contribution in [3.63, 3.8) is 0 Å². The van der Waals surface area contributed by atoms with E-state index < -0.39 is 10.8 Å². The molecular weight excluding hydrogens is 260 g/mol. The Morgan fingerprint density at radius 3 is 2.45 bits per heavy atom. The minimum Gasteiger partial charge on any atom is -0.339 e. The molecule has 1 rings (SSSR count). The van der Waals surface area contributed by atoms with Crippen LogP contribution in [0.3, 0.4) is 0 Å². The van der Waals surface area contributed by atoms with Crippen LogP contribution in [0.25, 0.3) is 0 Å². The van der Waals surface area contributed by atoms with Crippen LogP contribution >= 0.6 is 0 Å². The van der Waals surface area contributed by atoms with Gasteiger partial charge in [-0.15, -0.1) is 0 Å². The molecular formula is C13H20N4O3. The second kappa shape index (κ2) is 6.33. The molecule has 0 fully saturated rings. The van der Waals surface area contributed by atoms with Crippen LogP contribution in [-0.4, -0.2) is 28.8 Å². The Kier molecular flexibility index (Phi) is 5.04. The summed E-state index contributed by atoms with van der Waals surface area (Å²) in [5.41, 5.74) is 2.64. The summed E-state index contributed by atoms with van der Waals surface area (Å²) in [6, 6.07) is 4.10. The molecule has 0 spiro atoms. The summed E-state index contributed by atoms with van der Waals surface area (Å²) in [6.45, 7) is 5.88. The van der Waals surface area contributed by atoms with Crippen molar-refractivity contribution in [3.8, 4) is 0 Å². The van der Waals surface area contributed by atoms with Crippen LogP contribution < -0.4 is 11.3 Å². The second-order valence-corrected chi connectivity index (χ2v) is 5.03. The molecule has 20 heavy (non-hydrogen) atoms. The summed E-state index contributed by atoms with van der Waals surface area (Å²) >= 11 is 0. The number of nitrogens with zero attached hydrogens (tertiary/aromatic N) is 2. The number of carbonyl (C=O) groups excluding carboxylic acids is 1. The van der Waals surface area contributed by atoms with E-state index in [4.69, 9.17) is 5.84 Å². The summed E-state index contributed by atoms with van der Waals surface area (Å²) < 4.78 is 0. The third-order valence-electron chi connectivity index (χ3n) is 3.49. The van der Waals surface area contributed by atoms with Gasteiger partial charge in [0, 0.05) is 24.8 Å². The molecule has 1 unspecified atom stereocenters. The van der Waals surface area contributed by atoms with Crippen LogP contribution in [0, 0.1) is 16.0 Å². The van der Waals surface area contributed by atoms with E-state index in [-0.39, 0.29) is 23.2 Å². The smallest absolute Gasteiger partial charge is 0.282 e. The maximum absolute atomic E-state index is 12.4. The van der Waals surface area contributed by atoms with Crippen molar-refractivity contribution in [1.82, 2.24) is 4.90 Å². The number of anilines is 1. The van der Waals surface area contributed by atoms with Crippen molar-refractivity contribution in [3.05, 3.63) is 33.9 Å². The number of rotatable bonds is 5. The van der Waals surface area contributed by atoms with Gasteiger partial charge in [-0.3, -0.25) is 20.8 Å². The Balaban J connectivity index is 3.22. The maximum Gasteiger partial charge on any atom is 0.282 e. The van der Waals surface area contributed by atoms with Crippen LogP contribution in [0.1, 0.15) is 31.1 Å². The van der Waals surface area contributed by atoms with Gasteiger partial charge in [0.05, 0.1) is 4.92 Å². The molecule has 7 heteroatoms. The topological polar surface area (TPSA) is 102 Å². The van der Waals surface area contributed by atoms with Crippen LogP contribution in [-0.2, 0) is 0 Å². The van der Waals surface area contributed by atoms with E-state index in [0.717, 1.165) is 0 Å². The molecule has 7 nitrogen and oxygen atoms in total. The maximum atomic E-state index is 12.4. The van der Waals surface area contributed by atoms with Crippen LogP contribution in [0.4, 0.5) is 11.4 Å². The molecule has 0 aliphatic rings. The second-order valence-electron chi connectivity index (χ2n) is 5.03. The number of nitro groups is 1. The van der Waals surface area contributed by atoms with Gasteiger partial charge in [0.15, 0.2) is 0 Å². The van der Waals surface area contributed by atoms with Gasteiger partial charge in [0.2, 0.25) is 0 Å². The van der Waals surface area contributed by atoms with Gasteiger partial charge in [-0.05, 0) is 25.0 Å². The Labute approximate surface area is 117 Å². The number of benzene rings is 1. The molecule has 1 aromatic rings. The summed E-state index contributed by atoms with van der Waals surface area (Å²) in [7, 11) is 1.64. The summed E-state index contributed by atoms with van der Waals surface area (Å²) in [6.07, 6.45) is 0. The van der Waals surface area contributed by atoms with E-state index in [2.05, 4.69) is 5.43 Å². The minimum atomic E-state index is -0.568. The zero-order valence-electron chi connectivity index (χ0n) is 12.1. The number of amides is 1. The van der Waals surface area contributed by atoms with E-state index in [1.54, 1.807) is 7.05 Å². The van der Waals surface area contributed by atoms with E-state index in [1.165, 1.54) is 23.1 Å². The summed E-state index contributed by atoms with van der Waals surface area (Å²) in [5, 5.41) is 11.0. The highest BCUT2D eigenvalue weighted by atomic mass is 16.6. The highest BCUT2D eigenvalue weighted by Gasteiger charge is 2.26. The highest BCUT2D eigenvalue weighted by molar-refractivity contribution is 5.99. The number of nitro benzene ring substituents is 1. The predicted molar refractivity (Wildman–Crippen MR) is 77.3 cm³/mol. The Hall–Kier alpha value is -2.15.